The van der Waals surface area contributed by atoms with Gasteiger partial charge in [-0.1, -0.05) is 0 Å². The van der Waals surface area contributed by atoms with Crippen molar-refractivity contribution in [2.24, 2.45) is 0 Å². The molecule has 0 bridgehead atoms. The normalized spacial score (nSPS) is 13.2. The Bertz CT molecular complexity index is 393. The Balaban J connectivity index is 2.44. The zero-order valence-corrected chi connectivity index (χ0v) is 11.7. The number of carbonyl (C=O) groups is 1. The molecule has 1 aromatic rings. The number of carbonyl (C=O) groups excluding carboxylic acids is 1. The second-order valence-corrected chi connectivity index (χ2v) is 5.17. The van der Waals surface area contributed by atoms with Gasteiger partial charge < -0.3 is 19.8 Å². The van der Waals surface area contributed by atoms with Crippen molar-refractivity contribution >= 4 is 6.09 Å². The number of ether oxygens (including phenoxy) is 1. The van der Waals surface area contributed by atoms with Gasteiger partial charge in [0.15, 0.2) is 0 Å². The Hall–Kier alpha value is -1.49. The zero-order chi connectivity index (χ0) is 13.8. The summed E-state index contributed by atoms with van der Waals surface area (Å²) < 4.78 is 10.7. The lowest BCUT2D eigenvalue weighted by Gasteiger charge is -2.19. The Morgan fingerprint density at radius 3 is 2.67 bits per heavy atom. The van der Waals surface area contributed by atoms with Gasteiger partial charge in [-0.15, -0.1) is 0 Å². The van der Waals surface area contributed by atoms with Crippen LogP contribution in [0.25, 0.3) is 0 Å². The van der Waals surface area contributed by atoms with E-state index >= 15 is 0 Å². The molecular formula is C13H22N2O3. The maximum atomic E-state index is 11.4. The van der Waals surface area contributed by atoms with E-state index in [1.165, 1.54) is 0 Å². The number of hydrogen-bond donors (Lipinski definition) is 2. The molecule has 0 saturated carbocycles. The highest BCUT2D eigenvalue weighted by Crippen LogP contribution is 2.15. The summed E-state index contributed by atoms with van der Waals surface area (Å²) in [4.78, 5) is 11.4. The minimum absolute atomic E-state index is 0.153. The lowest BCUT2D eigenvalue weighted by molar-refractivity contribution is 0.0519. The summed E-state index contributed by atoms with van der Waals surface area (Å²) in [6, 6.07) is 3.90. The first-order valence-electron chi connectivity index (χ1n) is 6.04. The van der Waals surface area contributed by atoms with Crippen LogP contribution in [0.1, 0.15) is 45.3 Å². The van der Waals surface area contributed by atoms with Gasteiger partial charge in [-0.2, -0.15) is 0 Å². The molecule has 1 heterocycles. The molecule has 102 valence electrons. The topological polar surface area (TPSA) is 63.5 Å². The monoisotopic (exact) mass is 254 g/mol. The average molecular weight is 254 g/mol. The Kier molecular flexibility index (Phi) is 4.78. The molecule has 0 fully saturated rings. The summed E-state index contributed by atoms with van der Waals surface area (Å²) in [5.74, 6) is 1.55. The first kappa shape index (κ1) is 14.6. The van der Waals surface area contributed by atoms with E-state index in [0.29, 0.717) is 12.3 Å². The van der Waals surface area contributed by atoms with Crippen molar-refractivity contribution in [2.45, 2.75) is 45.9 Å². The van der Waals surface area contributed by atoms with Crippen LogP contribution in [0, 0.1) is 0 Å². The highest BCUT2D eigenvalue weighted by molar-refractivity contribution is 5.67. The van der Waals surface area contributed by atoms with Crippen LogP contribution in [0.3, 0.4) is 0 Å². The van der Waals surface area contributed by atoms with E-state index in [-0.39, 0.29) is 6.04 Å². The van der Waals surface area contributed by atoms with Gasteiger partial charge in [-0.3, -0.25) is 0 Å². The molecule has 1 aromatic heterocycles. The van der Waals surface area contributed by atoms with E-state index < -0.39 is 11.7 Å². The second kappa shape index (κ2) is 5.91. The predicted molar refractivity (Wildman–Crippen MR) is 69.3 cm³/mol. The van der Waals surface area contributed by atoms with E-state index in [2.05, 4.69) is 10.6 Å². The molecule has 1 amide bonds. The third kappa shape index (κ3) is 4.79. The minimum atomic E-state index is -0.487. The lowest BCUT2D eigenvalue weighted by atomic mass is 10.2. The number of rotatable bonds is 4. The summed E-state index contributed by atoms with van der Waals surface area (Å²) in [5.41, 5.74) is -0.487. The van der Waals surface area contributed by atoms with Crippen LogP contribution in [-0.4, -0.2) is 18.7 Å². The second-order valence-electron chi connectivity index (χ2n) is 5.17. The molecule has 0 aliphatic carbocycles. The SMILES string of the molecule is CNC(C)c1ccc(CNC(=O)OC(C)(C)C)o1. The first-order valence-corrected chi connectivity index (χ1v) is 6.04. The molecule has 0 aliphatic rings. The third-order valence-corrected chi connectivity index (χ3v) is 2.35. The largest absolute Gasteiger partial charge is 0.463 e. The number of alkyl carbamates (subject to hydrolysis) is 1. The van der Waals surface area contributed by atoms with Gasteiger partial charge in [0.1, 0.15) is 17.1 Å². The summed E-state index contributed by atoms with van der Waals surface area (Å²) in [6.07, 6.45) is -0.442. The van der Waals surface area contributed by atoms with Crippen LogP contribution in [0.4, 0.5) is 4.79 Å². The summed E-state index contributed by atoms with van der Waals surface area (Å²) in [7, 11) is 1.87. The number of amides is 1. The molecule has 1 atom stereocenters. The van der Waals surface area contributed by atoms with Crippen LogP contribution in [0.2, 0.25) is 0 Å². The maximum absolute atomic E-state index is 11.4. The van der Waals surface area contributed by atoms with E-state index in [1.54, 1.807) is 0 Å². The highest BCUT2D eigenvalue weighted by Gasteiger charge is 2.16. The van der Waals surface area contributed by atoms with Crippen molar-refractivity contribution in [3.05, 3.63) is 23.7 Å². The molecule has 18 heavy (non-hydrogen) atoms. The third-order valence-electron chi connectivity index (χ3n) is 2.35. The Morgan fingerprint density at radius 2 is 2.11 bits per heavy atom. The van der Waals surface area contributed by atoms with E-state index in [4.69, 9.17) is 9.15 Å². The Labute approximate surface area is 108 Å². The fourth-order valence-electron chi connectivity index (χ4n) is 1.34. The van der Waals surface area contributed by atoms with E-state index in [9.17, 15) is 4.79 Å². The average Bonchev–Trinajstić information content (AvgIpc) is 2.71. The van der Waals surface area contributed by atoms with Gasteiger partial charge in [0.25, 0.3) is 0 Å². The Morgan fingerprint density at radius 1 is 1.44 bits per heavy atom. The van der Waals surface area contributed by atoms with Gasteiger partial charge in [-0.25, -0.2) is 4.79 Å². The standard InChI is InChI=1S/C13H22N2O3/c1-9(14-5)11-7-6-10(17-11)8-15-12(16)18-13(2,3)4/h6-7,9,14H,8H2,1-5H3,(H,15,16). The fraction of sp³-hybridized carbons (Fsp3) is 0.615. The number of hydrogen-bond acceptors (Lipinski definition) is 4. The molecule has 5 nitrogen and oxygen atoms in total. The quantitative estimate of drug-likeness (QED) is 0.867. The van der Waals surface area contributed by atoms with E-state index in [0.717, 1.165) is 5.76 Å². The molecule has 0 aliphatic heterocycles. The predicted octanol–water partition coefficient (Wildman–Crippen LogP) is 2.58. The molecule has 1 unspecified atom stereocenters. The van der Waals surface area contributed by atoms with Crippen LogP contribution in [0.5, 0.6) is 0 Å². The molecule has 0 spiro atoms. The minimum Gasteiger partial charge on any atom is -0.463 e. The van der Waals surface area contributed by atoms with Crippen molar-refractivity contribution in [1.29, 1.82) is 0 Å². The van der Waals surface area contributed by atoms with Crippen LogP contribution in [-0.2, 0) is 11.3 Å². The van der Waals surface area contributed by atoms with Crippen molar-refractivity contribution in [1.82, 2.24) is 10.6 Å². The molecular weight excluding hydrogens is 232 g/mol. The molecule has 1 rings (SSSR count). The first-order chi connectivity index (χ1) is 8.31. The highest BCUT2D eigenvalue weighted by atomic mass is 16.6. The summed E-state index contributed by atoms with van der Waals surface area (Å²) in [5, 5.41) is 5.74. The van der Waals surface area contributed by atoms with Gasteiger partial charge >= 0.3 is 6.09 Å². The zero-order valence-electron chi connectivity index (χ0n) is 11.7. The fourth-order valence-corrected chi connectivity index (χ4v) is 1.34. The van der Waals surface area contributed by atoms with Crippen LogP contribution >= 0.6 is 0 Å². The van der Waals surface area contributed by atoms with Crippen molar-refractivity contribution in [3.8, 4) is 0 Å². The summed E-state index contributed by atoms with van der Waals surface area (Å²) >= 11 is 0. The maximum Gasteiger partial charge on any atom is 0.408 e. The molecule has 0 saturated heterocycles. The van der Waals surface area contributed by atoms with Crippen molar-refractivity contribution < 1.29 is 13.9 Å². The van der Waals surface area contributed by atoms with Gasteiger partial charge in [0.05, 0.1) is 12.6 Å². The number of nitrogens with one attached hydrogen (secondary N) is 2. The van der Waals surface area contributed by atoms with Gasteiger partial charge in [0.2, 0.25) is 0 Å². The molecule has 0 radical (unpaired) electrons. The van der Waals surface area contributed by atoms with Gasteiger partial charge in [0, 0.05) is 0 Å². The molecule has 2 N–H and O–H groups in total. The van der Waals surface area contributed by atoms with Crippen LogP contribution < -0.4 is 10.6 Å². The number of furan rings is 1. The lowest BCUT2D eigenvalue weighted by Crippen LogP contribution is -2.32. The smallest absolute Gasteiger partial charge is 0.408 e. The van der Waals surface area contributed by atoms with Gasteiger partial charge in [-0.05, 0) is 46.9 Å². The molecule has 0 aromatic carbocycles. The summed E-state index contributed by atoms with van der Waals surface area (Å²) in [6.45, 7) is 7.81. The molecule has 5 heteroatoms. The van der Waals surface area contributed by atoms with Crippen LogP contribution in [0.15, 0.2) is 16.5 Å². The van der Waals surface area contributed by atoms with Crippen molar-refractivity contribution in [3.63, 3.8) is 0 Å². The van der Waals surface area contributed by atoms with E-state index in [1.807, 2.05) is 46.9 Å². The van der Waals surface area contributed by atoms with Crippen molar-refractivity contribution in [2.75, 3.05) is 7.05 Å².